The van der Waals surface area contributed by atoms with Crippen LogP contribution in [0.5, 0.6) is 0 Å². The fraction of sp³-hybridized carbons (Fsp3) is 0.550. The Morgan fingerprint density at radius 2 is 1.78 bits per heavy atom. The number of ketones is 1. The van der Waals surface area contributed by atoms with Crippen molar-refractivity contribution in [2.45, 2.75) is 52.2 Å². The van der Waals surface area contributed by atoms with Crippen LogP contribution in [-0.2, 0) is 25.5 Å². The molecule has 0 aliphatic heterocycles. The molecule has 1 rings (SSSR count). The van der Waals surface area contributed by atoms with E-state index in [4.69, 9.17) is 4.74 Å². The molecule has 1 aromatic carbocycles. The molecule has 0 radical (unpaired) electrons. The maximum atomic E-state index is 12.6. The van der Waals surface area contributed by atoms with Crippen molar-refractivity contribution in [3.63, 3.8) is 0 Å². The zero-order valence-corrected chi connectivity index (χ0v) is 17.8. The predicted octanol–water partition coefficient (Wildman–Crippen LogP) is 2.65. The molecule has 27 heavy (non-hydrogen) atoms. The largest absolute Gasteiger partial charge is 0.469 e. The lowest BCUT2D eigenvalue weighted by Crippen LogP contribution is -2.48. The highest BCUT2D eigenvalue weighted by Gasteiger charge is 2.31. The standard InChI is InChI=1S/C20H28BrNO5/c1-12(2)9-15(20(26)27-4)11-18(24)19(25)17(22-13(3)23)10-14-5-7-16(21)8-6-14/h5-8,12,15,17,19,25H,9-11H2,1-4H3,(H,22,23)/t15-,17-,19+/m1/s1. The molecule has 0 bridgehead atoms. The van der Waals surface area contributed by atoms with E-state index in [0.29, 0.717) is 12.8 Å². The van der Waals surface area contributed by atoms with Gasteiger partial charge >= 0.3 is 5.97 Å². The van der Waals surface area contributed by atoms with Gasteiger partial charge in [-0.2, -0.15) is 0 Å². The molecule has 0 unspecified atom stereocenters. The van der Waals surface area contributed by atoms with Crippen molar-refractivity contribution in [2.75, 3.05) is 7.11 Å². The van der Waals surface area contributed by atoms with Crippen LogP contribution < -0.4 is 5.32 Å². The second kappa shape index (κ2) is 11.2. The van der Waals surface area contributed by atoms with E-state index in [9.17, 15) is 19.5 Å². The Labute approximate surface area is 168 Å². The van der Waals surface area contributed by atoms with E-state index in [1.54, 1.807) is 0 Å². The third-order valence-corrected chi connectivity index (χ3v) is 4.74. The second-order valence-corrected chi connectivity index (χ2v) is 8.02. The molecule has 0 fully saturated rings. The smallest absolute Gasteiger partial charge is 0.309 e. The fourth-order valence-electron chi connectivity index (χ4n) is 2.96. The van der Waals surface area contributed by atoms with Crippen LogP contribution in [-0.4, -0.2) is 42.0 Å². The third kappa shape index (κ3) is 8.22. The number of benzene rings is 1. The van der Waals surface area contributed by atoms with E-state index in [1.165, 1.54) is 14.0 Å². The SMILES string of the molecule is COC(=O)[C@@H](CC(=O)[C@@H](O)[C@@H](Cc1ccc(Br)cc1)NC(C)=O)CC(C)C. The van der Waals surface area contributed by atoms with Gasteiger partial charge < -0.3 is 15.2 Å². The predicted molar refractivity (Wildman–Crippen MR) is 106 cm³/mol. The average molecular weight is 442 g/mol. The average Bonchev–Trinajstić information content (AvgIpc) is 2.60. The molecule has 7 heteroatoms. The lowest BCUT2D eigenvalue weighted by molar-refractivity contribution is -0.149. The van der Waals surface area contributed by atoms with Crippen molar-refractivity contribution in [2.24, 2.45) is 11.8 Å². The number of hydrogen-bond donors (Lipinski definition) is 2. The normalized spacial score (nSPS) is 14.3. The molecular formula is C20H28BrNO5. The summed E-state index contributed by atoms with van der Waals surface area (Å²) in [7, 11) is 1.28. The first-order valence-electron chi connectivity index (χ1n) is 8.94. The summed E-state index contributed by atoms with van der Waals surface area (Å²) >= 11 is 3.35. The van der Waals surface area contributed by atoms with Crippen LogP contribution >= 0.6 is 15.9 Å². The van der Waals surface area contributed by atoms with E-state index in [-0.39, 0.29) is 18.2 Å². The van der Waals surface area contributed by atoms with E-state index in [2.05, 4.69) is 21.2 Å². The van der Waals surface area contributed by atoms with Crippen LogP contribution in [0.3, 0.4) is 0 Å². The van der Waals surface area contributed by atoms with Gasteiger partial charge in [-0.1, -0.05) is 41.9 Å². The number of nitrogens with one attached hydrogen (secondary N) is 1. The van der Waals surface area contributed by atoms with Gasteiger partial charge in [-0.25, -0.2) is 0 Å². The van der Waals surface area contributed by atoms with Crippen molar-refractivity contribution >= 4 is 33.6 Å². The number of esters is 1. The molecule has 1 amide bonds. The molecule has 0 saturated carbocycles. The van der Waals surface area contributed by atoms with Gasteiger partial charge in [0, 0.05) is 17.8 Å². The Balaban J connectivity index is 2.89. The molecule has 0 aromatic heterocycles. The van der Waals surface area contributed by atoms with Crippen LogP contribution in [0.1, 0.15) is 39.2 Å². The van der Waals surface area contributed by atoms with Crippen LogP contribution in [0.2, 0.25) is 0 Å². The first kappa shape index (κ1) is 23.3. The van der Waals surface area contributed by atoms with Gasteiger partial charge in [-0.15, -0.1) is 0 Å². The highest BCUT2D eigenvalue weighted by atomic mass is 79.9. The quantitative estimate of drug-likeness (QED) is 0.544. The summed E-state index contributed by atoms with van der Waals surface area (Å²) in [5.74, 6) is -1.69. The molecule has 0 aliphatic carbocycles. The fourth-order valence-corrected chi connectivity index (χ4v) is 3.23. The molecule has 150 valence electrons. The number of amides is 1. The van der Waals surface area contributed by atoms with Crippen LogP contribution in [0.4, 0.5) is 0 Å². The van der Waals surface area contributed by atoms with Crippen molar-refractivity contribution in [1.82, 2.24) is 5.32 Å². The van der Waals surface area contributed by atoms with Gasteiger partial charge in [0.2, 0.25) is 5.91 Å². The first-order chi connectivity index (χ1) is 12.6. The maximum Gasteiger partial charge on any atom is 0.309 e. The summed E-state index contributed by atoms with van der Waals surface area (Å²) in [4.78, 5) is 36.1. The summed E-state index contributed by atoms with van der Waals surface area (Å²) < 4.78 is 5.69. The number of hydrogen-bond acceptors (Lipinski definition) is 5. The Morgan fingerprint density at radius 1 is 1.19 bits per heavy atom. The van der Waals surface area contributed by atoms with Gasteiger partial charge in [0.05, 0.1) is 19.1 Å². The molecular weight excluding hydrogens is 414 g/mol. The molecule has 6 nitrogen and oxygen atoms in total. The highest BCUT2D eigenvalue weighted by Crippen LogP contribution is 2.20. The summed E-state index contributed by atoms with van der Waals surface area (Å²) in [6.45, 7) is 5.23. The zero-order valence-electron chi connectivity index (χ0n) is 16.2. The second-order valence-electron chi connectivity index (χ2n) is 7.10. The topological polar surface area (TPSA) is 92.7 Å². The maximum absolute atomic E-state index is 12.6. The van der Waals surface area contributed by atoms with Gasteiger partial charge in [-0.3, -0.25) is 14.4 Å². The van der Waals surface area contributed by atoms with Gasteiger partial charge in [0.25, 0.3) is 0 Å². The minimum Gasteiger partial charge on any atom is -0.469 e. The van der Waals surface area contributed by atoms with Crippen LogP contribution in [0.25, 0.3) is 0 Å². The number of aliphatic hydroxyl groups is 1. The lowest BCUT2D eigenvalue weighted by Gasteiger charge is -2.24. The first-order valence-corrected chi connectivity index (χ1v) is 9.73. The minimum atomic E-state index is -1.41. The minimum absolute atomic E-state index is 0.123. The Hall–Kier alpha value is -1.73. The number of halogens is 1. The van der Waals surface area contributed by atoms with E-state index in [0.717, 1.165) is 10.0 Å². The summed E-state index contributed by atoms with van der Waals surface area (Å²) in [5, 5.41) is 13.2. The number of ether oxygens (including phenoxy) is 1. The number of methoxy groups -OCH3 is 1. The van der Waals surface area contributed by atoms with E-state index in [1.807, 2.05) is 38.1 Å². The van der Waals surface area contributed by atoms with Crippen LogP contribution in [0, 0.1) is 11.8 Å². The Kier molecular flexibility index (Phi) is 9.66. The van der Waals surface area contributed by atoms with Crippen molar-refractivity contribution < 1.29 is 24.2 Å². The number of carbonyl (C=O) groups is 3. The van der Waals surface area contributed by atoms with Crippen LogP contribution in [0.15, 0.2) is 28.7 Å². The zero-order chi connectivity index (χ0) is 20.6. The van der Waals surface area contributed by atoms with Gasteiger partial charge in [0.1, 0.15) is 6.10 Å². The molecule has 0 aliphatic rings. The molecule has 0 saturated heterocycles. The van der Waals surface area contributed by atoms with E-state index >= 15 is 0 Å². The molecule has 0 heterocycles. The summed E-state index contributed by atoms with van der Waals surface area (Å²) in [6, 6.07) is 6.64. The van der Waals surface area contributed by atoms with Crippen molar-refractivity contribution in [3.05, 3.63) is 34.3 Å². The molecule has 1 aromatic rings. The van der Waals surface area contributed by atoms with E-state index < -0.39 is 29.8 Å². The lowest BCUT2D eigenvalue weighted by atomic mass is 9.88. The number of Topliss-reactive ketones (excluding diaryl/α,β-unsaturated/α-hetero) is 1. The number of carbonyl (C=O) groups excluding carboxylic acids is 3. The number of rotatable bonds is 10. The van der Waals surface area contributed by atoms with Gasteiger partial charge in [0.15, 0.2) is 5.78 Å². The van der Waals surface area contributed by atoms with Gasteiger partial charge in [-0.05, 0) is 36.5 Å². The molecule has 2 N–H and O–H groups in total. The summed E-state index contributed by atoms with van der Waals surface area (Å²) in [6.07, 6.45) is -0.741. The Bertz CT molecular complexity index is 644. The highest BCUT2D eigenvalue weighted by molar-refractivity contribution is 9.10. The van der Waals surface area contributed by atoms with Crippen molar-refractivity contribution in [3.8, 4) is 0 Å². The van der Waals surface area contributed by atoms with Crippen molar-refractivity contribution in [1.29, 1.82) is 0 Å². The third-order valence-electron chi connectivity index (χ3n) is 4.21. The monoisotopic (exact) mass is 441 g/mol. The Morgan fingerprint density at radius 3 is 2.26 bits per heavy atom. The molecule has 3 atom stereocenters. The molecule has 0 spiro atoms. The summed E-state index contributed by atoms with van der Waals surface area (Å²) in [5.41, 5.74) is 0.871. The number of aliphatic hydroxyl groups excluding tert-OH is 1.